The third kappa shape index (κ3) is 3.92. The first-order chi connectivity index (χ1) is 19.9. The van der Waals surface area contributed by atoms with Gasteiger partial charge in [0, 0.05) is 22.3 Å². The summed E-state index contributed by atoms with van der Waals surface area (Å²) in [5.74, 6) is -0.506. The molecule has 4 atom stereocenters. The summed E-state index contributed by atoms with van der Waals surface area (Å²) in [4.78, 5) is 34.5. The molecule has 3 heterocycles. The summed E-state index contributed by atoms with van der Waals surface area (Å²) in [6.45, 7) is 5.37. The number of rotatable bonds is 5. The average molecular weight is 561 g/mol. The van der Waals surface area contributed by atoms with E-state index in [1.807, 2.05) is 78.6 Å². The van der Waals surface area contributed by atoms with Gasteiger partial charge in [0.15, 0.2) is 5.78 Å². The Morgan fingerprint density at radius 3 is 2.37 bits per heavy atom. The van der Waals surface area contributed by atoms with E-state index in [0.29, 0.717) is 17.1 Å². The zero-order valence-electron chi connectivity index (χ0n) is 23.4. The van der Waals surface area contributed by atoms with E-state index >= 15 is 4.79 Å². The standard InChI is InChI=1S/C36H33ClN2O2/c1-23-14-17-26(18-15-23)33(40)32-31-13-8-20-38(31)34(27-11-6-7-12-29(27)37)36(32)28-21-24(2)16-19-30(28)39(35(36)41)22-25-9-4-3-5-10-25/h3-7,9-12,14-19,21,31-32,34H,8,13,20,22H2,1-2H3/t31-,32+,34-,36+/m1/s1. The van der Waals surface area contributed by atoms with Gasteiger partial charge < -0.3 is 4.90 Å². The largest absolute Gasteiger partial charge is 0.307 e. The van der Waals surface area contributed by atoms with Gasteiger partial charge in [-0.3, -0.25) is 14.5 Å². The second-order valence-electron chi connectivity index (χ2n) is 11.8. The van der Waals surface area contributed by atoms with Gasteiger partial charge >= 0.3 is 0 Å². The van der Waals surface area contributed by atoms with Gasteiger partial charge in [0.05, 0.1) is 18.5 Å². The van der Waals surface area contributed by atoms with Gasteiger partial charge in [-0.2, -0.15) is 0 Å². The van der Waals surface area contributed by atoms with Crippen LogP contribution in [0.15, 0.2) is 97.1 Å². The number of nitrogens with zero attached hydrogens (tertiary/aromatic N) is 2. The Morgan fingerprint density at radius 2 is 1.61 bits per heavy atom. The molecule has 3 aliphatic heterocycles. The van der Waals surface area contributed by atoms with Crippen molar-refractivity contribution in [2.24, 2.45) is 5.92 Å². The first-order valence-electron chi connectivity index (χ1n) is 14.5. The van der Waals surface area contributed by atoms with Crippen LogP contribution in [0.3, 0.4) is 0 Å². The van der Waals surface area contributed by atoms with E-state index in [9.17, 15) is 4.79 Å². The van der Waals surface area contributed by atoms with Crippen molar-refractivity contribution in [2.75, 3.05) is 11.4 Å². The van der Waals surface area contributed by atoms with Crippen molar-refractivity contribution < 1.29 is 9.59 Å². The Labute approximate surface area is 246 Å². The maximum atomic E-state index is 15.3. The average Bonchev–Trinajstić information content (AvgIpc) is 3.62. The normalized spacial score (nSPS) is 25.1. The number of amides is 1. The highest BCUT2D eigenvalue weighted by Crippen LogP contribution is 2.64. The smallest absolute Gasteiger partial charge is 0.240 e. The molecule has 0 radical (unpaired) electrons. The number of hydrogen-bond donors (Lipinski definition) is 0. The Bertz CT molecular complexity index is 1650. The number of fused-ring (bicyclic) bond motifs is 3. The van der Waals surface area contributed by atoms with Crippen LogP contribution in [-0.2, 0) is 16.8 Å². The number of ketones is 1. The molecule has 1 amide bonds. The van der Waals surface area contributed by atoms with Crippen molar-refractivity contribution >= 4 is 29.0 Å². The lowest BCUT2D eigenvalue weighted by atomic mass is 9.63. The highest BCUT2D eigenvalue weighted by atomic mass is 35.5. The summed E-state index contributed by atoms with van der Waals surface area (Å²) in [5.41, 5.74) is 5.55. The van der Waals surface area contributed by atoms with Crippen LogP contribution < -0.4 is 4.90 Å². The summed E-state index contributed by atoms with van der Waals surface area (Å²) >= 11 is 6.95. The van der Waals surface area contributed by atoms with Gasteiger partial charge in [0.1, 0.15) is 5.41 Å². The Balaban J connectivity index is 1.51. The molecule has 5 heteroatoms. The predicted octanol–water partition coefficient (Wildman–Crippen LogP) is 7.46. The van der Waals surface area contributed by atoms with Gasteiger partial charge in [-0.15, -0.1) is 0 Å². The quantitative estimate of drug-likeness (QED) is 0.238. The number of Topliss-reactive ketones (excluding diaryl/α,β-unsaturated/α-hetero) is 1. The van der Waals surface area contributed by atoms with E-state index in [2.05, 4.69) is 42.2 Å². The SMILES string of the molecule is Cc1ccc(C(=O)[C@@H]2[C@H]3CCCN3[C@H](c3ccccc3Cl)[C@@]23C(=O)N(Cc2ccccc2)c2ccc(C)cc23)cc1. The molecule has 0 unspecified atom stereocenters. The summed E-state index contributed by atoms with van der Waals surface area (Å²) in [5, 5.41) is 0.634. The van der Waals surface area contributed by atoms with Crippen LogP contribution in [0.25, 0.3) is 0 Å². The zero-order chi connectivity index (χ0) is 28.3. The highest BCUT2D eigenvalue weighted by molar-refractivity contribution is 6.31. The van der Waals surface area contributed by atoms with Crippen LogP contribution in [0.2, 0.25) is 5.02 Å². The zero-order valence-corrected chi connectivity index (χ0v) is 24.1. The number of carbonyl (C=O) groups is 2. The summed E-state index contributed by atoms with van der Waals surface area (Å²) in [6.07, 6.45) is 1.86. The summed E-state index contributed by atoms with van der Waals surface area (Å²) in [6, 6.07) is 31.7. The Hall–Kier alpha value is -3.73. The molecule has 0 N–H and O–H groups in total. The molecule has 3 aliphatic rings. The van der Waals surface area contributed by atoms with Gasteiger partial charge in [0.25, 0.3) is 0 Å². The van der Waals surface area contributed by atoms with E-state index in [4.69, 9.17) is 11.6 Å². The molecule has 7 rings (SSSR count). The second kappa shape index (κ2) is 9.97. The van der Waals surface area contributed by atoms with Crippen molar-refractivity contribution in [3.05, 3.63) is 135 Å². The van der Waals surface area contributed by atoms with Crippen molar-refractivity contribution in [3.8, 4) is 0 Å². The first kappa shape index (κ1) is 26.2. The fourth-order valence-electron chi connectivity index (χ4n) is 7.78. The predicted molar refractivity (Wildman–Crippen MR) is 163 cm³/mol. The highest BCUT2D eigenvalue weighted by Gasteiger charge is 2.71. The fraction of sp³-hybridized carbons (Fsp3) is 0.278. The minimum absolute atomic E-state index is 0.00765. The number of aryl methyl sites for hydroxylation is 2. The lowest BCUT2D eigenvalue weighted by Crippen LogP contribution is -2.50. The molecule has 4 nitrogen and oxygen atoms in total. The van der Waals surface area contributed by atoms with Crippen LogP contribution >= 0.6 is 11.6 Å². The third-order valence-corrected chi connectivity index (χ3v) is 9.81. The maximum Gasteiger partial charge on any atom is 0.240 e. The van der Waals surface area contributed by atoms with E-state index in [1.54, 1.807) is 0 Å². The summed E-state index contributed by atoms with van der Waals surface area (Å²) in [7, 11) is 0. The first-order valence-corrected chi connectivity index (χ1v) is 14.9. The molecule has 0 aromatic heterocycles. The lowest BCUT2D eigenvalue weighted by molar-refractivity contribution is -0.125. The van der Waals surface area contributed by atoms with E-state index in [1.165, 1.54) is 0 Å². The monoisotopic (exact) mass is 560 g/mol. The number of anilines is 1. The van der Waals surface area contributed by atoms with Crippen molar-refractivity contribution in [1.29, 1.82) is 0 Å². The Kier molecular flexibility index (Phi) is 6.37. The topological polar surface area (TPSA) is 40.6 Å². The molecule has 1 spiro atoms. The maximum absolute atomic E-state index is 15.3. The van der Waals surface area contributed by atoms with Crippen LogP contribution in [0.1, 0.15) is 57.1 Å². The summed E-state index contributed by atoms with van der Waals surface area (Å²) < 4.78 is 0. The molecular weight excluding hydrogens is 528 g/mol. The van der Waals surface area contributed by atoms with Gasteiger partial charge in [-0.05, 0) is 62.1 Å². The second-order valence-corrected chi connectivity index (χ2v) is 12.3. The van der Waals surface area contributed by atoms with Crippen LogP contribution in [0.4, 0.5) is 5.69 Å². The van der Waals surface area contributed by atoms with E-state index < -0.39 is 11.3 Å². The van der Waals surface area contributed by atoms with Crippen LogP contribution in [0.5, 0.6) is 0 Å². The number of carbonyl (C=O) groups excluding carboxylic acids is 2. The van der Waals surface area contributed by atoms with Gasteiger partial charge in [-0.1, -0.05) is 108 Å². The van der Waals surface area contributed by atoms with Crippen molar-refractivity contribution in [2.45, 2.75) is 50.7 Å². The minimum atomic E-state index is -1.10. The molecule has 2 fully saturated rings. The molecule has 0 aliphatic carbocycles. The number of hydrogen-bond acceptors (Lipinski definition) is 3. The molecule has 41 heavy (non-hydrogen) atoms. The van der Waals surface area contributed by atoms with E-state index in [-0.39, 0.29) is 23.8 Å². The minimum Gasteiger partial charge on any atom is -0.307 e. The molecule has 0 bridgehead atoms. The van der Waals surface area contributed by atoms with Crippen LogP contribution in [0, 0.1) is 19.8 Å². The molecule has 206 valence electrons. The van der Waals surface area contributed by atoms with E-state index in [0.717, 1.165) is 52.9 Å². The molecule has 2 saturated heterocycles. The van der Waals surface area contributed by atoms with Gasteiger partial charge in [0.2, 0.25) is 5.91 Å². The van der Waals surface area contributed by atoms with Crippen LogP contribution in [-0.4, -0.2) is 29.2 Å². The Morgan fingerprint density at radius 1 is 0.902 bits per heavy atom. The third-order valence-electron chi connectivity index (χ3n) is 9.47. The number of halogens is 1. The van der Waals surface area contributed by atoms with Crippen molar-refractivity contribution in [1.82, 2.24) is 4.90 Å². The molecular formula is C36H33ClN2O2. The number of benzene rings is 4. The van der Waals surface area contributed by atoms with Crippen molar-refractivity contribution in [3.63, 3.8) is 0 Å². The molecule has 0 saturated carbocycles. The van der Waals surface area contributed by atoms with Gasteiger partial charge in [-0.25, -0.2) is 0 Å². The molecule has 4 aromatic carbocycles. The molecule has 4 aromatic rings. The fourth-order valence-corrected chi connectivity index (χ4v) is 8.02. The lowest BCUT2D eigenvalue weighted by Gasteiger charge is -2.37.